The molecule has 1 aromatic carbocycles. The highest BCUT2D eigenvalue weighted by Crippen LogP contribution is 2.24. The number of benzene rings is 1. The second-order valence-corrected chi connectivity index (χ2v) is 6.35. The minimum absolute atomic E-state index is 0.478. The molecule has 3 heterocycles. The van der Waals surface area contributed by atoms with Crippen LogP contribution in [0.4, 0.5) is 0 Å². The van der Waals surface area contributed by atoms with Crippen LogP contribution in [0.3, 0.4) is 0 Å². The number of rotatable bonds is 5. The van der Waals surface area contributed by atoms with Crippen LogP contribution in [0.5, 0.6) is 0 Å². The van der Waals surface area contributed by atoms with Gasteiger partial charge in [-0.3, -0.25) is 4.68 Å². The predicted octanol–water partition coefficient (Wildman–Crippen LogP) is 3.34. The molecular weight excluding hydrogens is 322 g/mol. The summed E-state index contributed by atoms with van der Waals surface area (Å²) in [5, 5.41) is 11.2. The SMILES string of the molecule is Cc1ccc(-c2nc(Cc3noc(Cn4cccn4)n3)cs2)cc1. The molecule has 120 valence electrons. The molecule has 24 heavy (non-hydrogen) atoms. The summed E-state index contributed by atoms with van der Waals surface area (Å²) in [6.07, 6.45) is 4.14. The summed E-state index contributed by atoms with van der Waals surface area (Å²) in [6.45, 7) is 2.56. The maximum atomic E-state index is 5.27. The van der Waals surface area contributed by atoms with Crippen LogP contribution in [0.2, 0.25) is 0 Å². The van der Waals surface area contributed by atoms with Gasteiger partial charge in [0.1, 0.15) is 11.6 Å². The van der Waals surface area contributed by atoms with Gasteiger partial charge >= 0.3 is 0 Å². The predicted molar refractivity (Wildman–Crippen MR) is 90.7 cm³/mol. The maximum absolute atomic E-state index is 5.27. The van der Waals surface area contributed by atoms with E-state index in [1.807, 2.05) is 17.6 Å². The Balaban J connectivity index is 1.46. The summed E-state index contributed by atoms with van der Waals surface area (Å²) in [7, 11) is 0. The van der Waals surface area contributed by atoms with Gasteiger partial charge in [0.05, 0.1) is 12.1 Å². The minimum atomic E-state index is 0.478. The standard InChI is InChI=1S/C17H15N5OS/c1-12-3-5-13(6-4-12)17-19-14(11-24-17)9-15-20-16(23-21-15)10-22-8-2-7-18-22/h2-8,11H,9-10H2,1H3. The highest BCUT2D eigenvalue weighted by atomic mass is 32.1. The van der Waals surface area contributed by atoms with Gasteiger partial charge in [-0.2, -0.15) is 10.1 Å². The fourth-order valence-electron chi connectivity index (χ4n) is 2.34. The van der Waals surface area contributed by atoms with Gasteiger partial charge in [-0.15, -0.1) is 11.3 Å². The number of hydrogen-bond acceptors (Lipinski definition) is 6. The van der Waals surface area contributed by atoms with E-state index in [4.69, 9.17) is 4.52 Å². The molecule has 0 atom stereocenters. The molecule has 6 nitrogen and oxygen atoms in total. The van der Waals surface area contributed by atoms with Crippen molar-refractivity contribution >= 4 is 11.3 Å². The Hall–Kier alpha value is -2.80. The molecule has 0 aliphatic rings. The summed E-state index contributed by atoms with van der Waals surface area (Å²) in [4.78, 5) is 9.07. The molecule has 3 aromatic heterocycles. The number of aromatic nitrogens is 5. The average molecular weight is 337 g/mol. The molecule has 0 saturated heterocycles. The Labute approximate surface area is 142 Å². The van der Waals surface area contributed by atoms with Crippen LogP contribution in [-0.2, 0) is 13.0 Å². The van der Waals surface area contributed by atoms with Gasteiger partial charge in [0.25, 0.3) is 0 Å². The van der Waals surface area contributed by atoms with Crippen LogP contribution in [0, 0.1) is 6.92 Å². The molecule has 0 aliphatic carbocycles. The van der Waals surface area contributed by atoms with Crippen LogP contribution in [-0.4, -0.2) is 24.9 Å². The molecule has 0 N–H and O–H groups in total. The van der Waals surface area contributed by atoms with E-state index in [9.17, 15) is 0 Å². The lowest BCUT2D eigenvalue weighted by atomic mass is 10.2. The summed E-state index contributed by atoms with van der Waals surface area (Å²) in [6, 6.07) is 10.2. The van der Waals surface area contributed by atoms with Gasteiger partial charge in [0, 0.05) is 23.3 Å². The Kier molecular flexibility index (Phi) is 3.92. The van der Waals surface area contributed by atoms with Crippen molar-refractivity contribution in [3.63, 3.8) is 0 Å². The second-order valence-electron chi connectivity index (χ2n) is 5.49. The molecule has 7 heteroatoms. The Morgan fingerprint density at radius 1 is 1.17 bits per heavy atom. The van der Waals surface area contributed by atoms with E-state index in [0.29, 0.717) is 24.7 Å². The molecular formula is C17H15N5OS. The van der Waals surface area contributed by atoms with Gasteiger partial charge in [0.2, 0.25) is 5.89 Å². The zero-order valence-electron chi connectivity index (χ0n) is 13.1. The summed E-state index contributed by atoms with van der Waals surface area (Å²) < 4.78 is 7.01. The van der Waals surface area contributed by atoms with Gasteiger partial charge in [-0.1, -0.05) is 35.0 Å². The smallest absolute Gasteiger partial charge is 0.248 e. The Bertz CT molecular complexity index is 924. The van der Waals surface area contributed by atoms with E-state index < -0.39 is 0 Å². The largest absolute Gasteiger partial charge is 0.337 e. The van der Waals surface area contributed by atoms with Crippen molar-refractivity contribution in [2.45, 2.75) is 19.9 Å². The molecule has 4 aromatic rings. The lowest BCUT2D eigenvalue weighted by Crippen LogP contribution is -2.00. The lowest BCUT2D eigenvalue weighted by molar-refractivity contribution is 0.362. The number of thiazole rings is 1. The fourth-order valence-corrected chi connectivity index (χ4v) is 3.16. The number of hydrogen-bond donors (Lipinski definition) is 0. The lowest BCUT2D eigenvalue weighted by Gasteiger charge is -1.96. The van der Waals surface area contributed by atoms with Crippen molar-refractivity contribution in [2.24, 2.45) is 0 Å². The minimum Gasteiger partial charge on any atom is -0.337 e. The van der Waals surface area contributed by atoms with Crippen molar-refractivity contribution in [1.29, 1.82) is 0 Å². The average Bonchev–Trinajstić information content (AvgIpc) is 3.32. The van der Waals surface area contributed by atoms with Gasteiger partial charge in [0.15, 0.2) is 5.82 Å². The molecule has 0 bridgehead atoms. The van der Waals surface area contributed by atoms with Crippen molar-refractivity contribution < 1.29 is 4.52 Å². The first kappa shape index (κ1) is 14.8. The maximum Gasteiger partial charge on any atom is 0.248 e. The van der Waals surface area contributed by atoms with Gasteiger partial charge in [-0.05, 0) is 13.0 Å². The molecule has 0 spiro atoms. The molecule has 0 amide bonds. The van der Waals surface area contributed by atoms with Crippen LogP contribution in [0.1, 0.15) is 23.0 Å². The number of aryl methyl sites for hydroxylation is 1. The first-order chi connectivity index (χ1) is 11.8. The first-order valence-electron chi connectivity index (χ1n) is 7.56. The monoisotopic (exact) mass is 337 g/mol. The first-order valence-corrected chi connectivity index (χ1v) is 8.44. The van der Waals surface area contributed by atoms with Gasteiger partial charge in [-0.25, -0.2) is 4.98 Å². The van der Waals surface area contributed by atoms with Crippen molar-refractivity contribution in [3.8, 4) is 10.6 Å². The Morgan fingerprint density at radius 2 is 2.04 bits per heavy atom. The molecule has 0 aliphatic heterocycles. The Morgan fingerprint density at radius 3 is 2.83 bits per heavy atom. The van der Waals surface area contributed by atoms with E-state index in [0.717, 1.165) is 16.3 Å². The third kappa shape index (κ3) is 3.26. The molecule has 0 saturated carbocycles. The van der Waals surface area contributed by atoms with Crippen molar-refractivity contribution in [1.82, 2.24) is 24.9 Å². The third-order valence-electron chi connectivity index (χ3n) is 3.56. The zero-order valence-corrected chi connectivity index (χ0v) is 13.9. The summed E-state index contributed by atoms with van der Waals surface area (Å²) >= 11 is 1.63. The highest BCUT2D eigenvalue weighted by Gasteiger charge is 2.11. The molecule has 0 unspecified atom stereocenters. The molecule has 4 rings (SSSR count). The van der Waals surface area contributed by atoms with E-state index in [-0.39, 0.29) is 0 Å². The van der Waals surface area contributed by atoms with Crippen LogP contribution in [0.25, 0.3) is 10.6 Å². The van der Waals surface area contributed by atoms with Crippen LogP contribution in [0.15, 0.2) is 52.6 Å². The fraction of sp³-hybridized carbons (Fsp3) is 0.176. The molecule has 0 radical (unpaired) electrons. The third-order valence-corrected chi connectivity index (χ3v) is 4.50. The topological polar surface area (TPSA) is 69.6 Å². The summed E-state index contributed by atoms with van der Waals surface area (Å²) in [5.74, 6) is 1.18. The van der Waals surface area contributed by atoms with E-state index in [1.54, 1.807) is 22.2 Å². The van der Waals surface area contributed by atoms with E-state index in [2.05, 4.69) is 51.4 Å². The van der Waals surface area contributed by atoms with Crippen LogP contribution < -0.4 is 0 Å². The normalized spacial score (nSPS) is 11.0. The van der Waals surface area contributed by atoms with Crippen LogP contribution >= 0.6 is 11.3 Å². The number of nitrogens with zero attached hydrogens (tertiary/aromatic N) is 5. The highest BCUT2D eigenvalue weighted by molar-refractivity contribution is 7.13. The van der Waals surface area contributed by atoms with Crippen molar-refractivity contribution in [2.75, 3.05) is 0 Å². The zero-order chi connectivity index (χ0) is 16.4. The summed E-state index contributed by atoms with van der Waals surface area (Å²) in [5.41, 5.74) is 3.32. The van der Waals surface area contributed by atoms with Gasteiger partial charge < -0.3 is 4.52 Å². The molecule has 0 fully saturated rings. The van der Waals surface area contributed by atoms with Crippen molar-refractivity contribution in [3.05, 3.63) is 71.1 Å². The van der Waals surface area contributed by atoms with E-state index in [1.165, 1.54) is 5.56 Å². The second kappa shape index (κ2) is 6.37. The van der Waals surface area contributed by atoms with E-state index >= 15 is 0 Å². The quantitative estimate of drug-likeness (QED) is 0.558.